The van der Waals surface area contributed by atoms with Crippen molar-refractivity contribution in [2.24, 2.45) is 5.92 Å². The van der Waals surface area contributed by atoms with Crippen LogP contribution in [0.15, 0.2) is 4.42 Å². The van der Waals surface area contributed by atoms with Gasteiger partial charge in [0.15, 0.2) is 0 Å². The van der Waals surface area contributed by atoms with Gasteiger partial charge >= 0.3 is 0 Å². The van der Waals surface area contributed by atoms with Crippen molar-refractivity contribution in [3.8, 4) is 0 Å². The Morgan fingerprint density at radius 3 is 2.79 bits per heavy atom. The molecule has 0 bridgehead atoms. The van der Waals surface area contributed by atoms with Crippen molar-refractivity contribution < 1.29 is 9.21 Å². The summed E-state index contributed by atoms with van der Waals surface area (Å²) in [6.07, 6.45) is 0.866. The lowest BCUT2D eigenvalue weighted by atomic mass is 10.00. The Balaban J connectivity index is 2.09. The second-order valence-electron chi connectivity index (χ2n) is 5.66. The van der Waals surface area contributed by atoms with Crippen molar-refractivity contribution in [3.05, 3.63) is 17.3 Å². The lowest BCUT2D eigenvalue weighted by Crippen LogP contribution is -2.55. The number of aryl methyl sites for hydroxylation is 2. The van der Waals surface area contributed by atoms with E-state index in [1.807, 2.05) is 13.8 Å². The first kappa shape index (κ1) is 14.1. The Morgan fingerprint density at radius 1 is 1.47 bits per heavy atom. The third-order valence-corrected chi connectivity index (χ3v) is 3.55. The Labute approximate surface area is 114 Å². The zero-order valence-electron chi connectivity index (χ0n) is 12.2. The van der Waals surface area contributed by atoms with Crippen molar-refractivity contribution in [3.63, 3.8) is 0 Å². The van der Waals surface area contributed by atoms with Gasteiger partial charge in [0.1, 0.15) is 5.76 Å². The summed E-state index contributed by atoms with van der Waals surface area (Å²) in [5.74, 6) is 2.18. The van der Waals surface area contributed by atoms with Crippen molar-refractivity contribution in [2.75, 3.05) is 13.1 Å². The van der Waals surface area contributed by atoms with Gasteiger partial charge in [-0.2, -0.15) is 0 Å². The van der Waals surface area contributed by atoms with Crippen molar-refractivity contribution in [2.45, 2.75) is 46.7 Å². The Hall–Kier alpha value is -1.36. The van der Waals surface area contributed by atoms with Gasteiger partial charge in [0, 0.05) is 13.1 Å². The SMILES string of the molecule is Cc1nc(CN2CCNC(=O)C2CC(C)C)oc1C. The number of hydrogen-bond acceptors (Lipinski definition) is 4. The summed E-state index contributed by atoms with van der Waals surface area (Å²) >= 11 is 0. The molecule has 0 spiro atoms. The van der Waals surface area contributed by atoms with Crippen molar-refractivity contribution >= 4 is 5.91 Å². The van der Waals surface area contributed by atoms with Crippen LogP contribution in [-0.4, -0.2) is 34.9 Å². The fourth-order valence-electron chi connectivity index (χ4n) is 2.43. The topological polar surface area (TPSA) is 58.4 Å². The number of nitrogens with zero attached hydrogens (tertiary/aromatic N) is 2. The monoisotopic (exact) mass is 265 g/mol. The van der Waals surface area contributed by atoms with Crippen LogP contribution in [0, 0.1) is 19.8 Å². The largest absolute Gasteiger partial charge is 0.444 e. The lowest BCUT2D eigenvalue weighted by molar-refractivity contribution is -0.130. The molecule has 0 radical (unpaired) electrons. The molecule has 1 N–H and O–H groups in total. The summed E-state index contributed by atoms with van der Waals surface area (Å²) in [5, 5.41) is 2.94. The zero-order valence-corrected chi connectivity index (χ0v) is 12.2. The van der Waals surface area contributed by atoms with Crippen LogP contribution in [0.25, 0.3) is 0 Å². The minimum absolute atomic E-state index is 0.0683. The number of carbonyl (C=O) groups excluding carboxylic acids is 1. The Morgan fingerprint density at radius 2 is 2.21 bits per heavy atom. The van der Waals surface area contributed by atoms with E-state index in [2.05, 4.69) is 29.0 Å². The Bertz CT molecular complexity index is 434. The second-order valence-corrected chi connectivity index (χ2v) is 5.66. The first-order chi connectivity index (χ1) is 8.97. The Kier molecular flexibility index (Phi) is 4.24. The summed E-state index contributed by atoms with van der Waals surface area (Å²) in [5.41, 5.74) is 0.928. The van der Waals surface area contributed by atoms with Crippen LogP contribution in [0.1, 0.15) is 37.6 Å². The summed E-state index contributed by atoms with van der Waals surface area (Å²) < 4.78 is 5.62. The summed E-state index contributed by atoms with van der Waals surface area (Å²) in [6.45, 7) is 10.3. The molecule has 0 aliphatic carbocycles. The van der Waals surface area contributed by atoms with Gasteiger partial charge in [0.2, 0.25) is 11.8 Å². The van der Waals surface area contributed by atoms with Crippen molar-refractivity contribution in [1.82, 2.24) is 15.2 Å². The van der Waals surface area contributed by atoms with E-state index < -0.39 is 0 Å². The minimum atomic E-state index is -0.0683. The highest BCUT2D eigenvalue weighted by atomic mass is 16.4. The predicted octanol–water partition coefficient (Wildman–Crippen LogP) is 1.64. The van der Waals surface area contributed by atoms with Gasteiger partial charge in [0.25, 0.3) is 0 Å². The summed E-state index contributed by atoms with van der Waals surface area (Å²) in [4.78, 5) is 18.6. The van der Waals surface area contributed by atoms with E-state index in [0.717, 1.165) is 24.4 Å². The molecule has 1 saturated heterocycles. The van der Waals surface area contributed by atoms with E-state index in [4.69, 9.17) is 4.42 Å². The molecule has 5 nitrogen and oxygen atoms in total. The van der Waals surface area contributed by atoms with E-state index in [9.17, 15) is 4.79 Å². The van der Waals surface area contributed by atoms with E-state index in [1.165, 1.54) is 0 Å². The minimum Gasteiger partial charge on any atom is -0.444 e. The molecule has 2 heterocycles. The normalized spacial score (nSPS) is 20.9. The number of nitrogens with one attached hydrogen (secondary N) is 1. The molecule has 106 valence electrons. The average molecular weight is 265 g/mol. The number of aromatic nitrogens is 1. The molecule has 2 rings (SSSR count). The van der Waals surface area contributed by atoms with Gasteiger partial charge in [-0.25, -0.2) is 4.98 Å². The maximum Gasteiger partial charge on any atom is 0.237 e. The van der Waals surface area contributed by atoms with E-state index in [1.54, 1.807) is 0 Å². The average Bonchev–Trinajstić information content (AvgIpc) is 2.62. The van der Waals surface area contributed by atoms with Gasteiger partial charge in [0.05, 0.1) is 18.3 Å². The summed E-state index contributed by atoms with van der Waals surface area (Å²) in [6, 6.07) is -0.0683. The third-order valence-electron chi connectivity index (χ3n) is 3.55. The van der Waals surface area contributed by atoms with Gasteiger partial charge in [-0.05, 0) is 26.2 Å². The number of carbonyl (C=O) groups is 1. The van der Waals surface area contributed by atoms with Crippen LogP contribution >= 0.6 is 0 Å². The fourth-order valence-corrected chi connectivity index (χ4v) is 2.43. The van der Waals surface area contributed by atoms with E-state index in [-0.39, 0.29) is 11.9 Å². The van der Waals surface area contributed by atoms with E-state index >= 15 is 0 Å². The number of piperazine rings is 1. The highest BCUT2D eigenvalue weighted by molar-refractivity contribution is 5.82. The van der Waals surface area contributed by atoms with Crippen LogP contribution in [-0.2, 0) is 11.3 Å². The maximum atomic E-state index is 12.0. The fraction of sp³-hybridized carbons (Fsp3) is 0.714. The van der Waals surface area contributed by atoms with Crippen LogP contribution in [0.3, 0.4) is 0 Å². The first-order valence-corrected chi connectivity index (χ1v) is 6.92. The molecule has 19 heavy (non-hydrogen) atoms. The van der Waals surface area contributed by atoms with Crippen LogP contribution < -0.4 is 5.32 Å². The lowest BCUT2D eigenvalue weighted by Gasteiger charge is -2.35. The molecule has 5 heteroatoms. The molecule has 1 unspecified atom stereocenters. The number of amides is 1. The zero-order chi connectivity index (χ0) is 14.0. The highest BCUT2D eigenvalue weighted by Gasteiger charge is 2.31. The molecule has 1 aromatic rings. The van der Waals surface area contributed by atoms with Crippen molar-refractivity contribution in [1.29, 1.82) is 0 Å². The molecule has 0 saturated carbocycles. The molecule has 1 aromatic heterocycles. The molecular weight excluding hydrogens is 242 g/mol. The predicted molar refractivity (Wildman–Crippen MR) is 72.6 cm³/mol. The van der Waals surface area contributed by atoms with Crippen LogP contribution in [0.4, 0.5) is 0 Å². The number of hydrogen-bond donors (Lipinski definition) is 1. The maximum absolute atomic E-state index is 12.0. The molecule has 1 fully saturated rings. The van der Waals surface area contributed by atoms with Gasteiger partial charge in [-0.3, -0.25) is 9.69 Å². The van der Waals surface area contributed by atoms with Crippen LogP contribution in [0.2, 0.25) is 0 Å². The van der Waals surface area contributed by atoms with E-state index in [0.29, 0.717) is 24.9 Å². The quantitative estimate of drug-likeness (QED) is 0.899. The summed E-state index contributed by atoms with van der Waals surface area (Å²) in [7, 11) is 0. The molecule has 0 aromatic carbocycles. The van der Waals surface area contributed by atoms with Gasteiger partial charge < -0.3 is 9.73 Å². The molecule has 1 atom stereocenters. The number of rotatable bonds is 4. The van der Waals surface area contributed by atoms with Gasteiger partial charge in [-0.1, -0.05) is 13.8 Å². The first-order valence-electron chi connectivity index (χ1n) is 6.92. The third kappa shape index (κ3) is 3.35. The van der Waals surface area contributed by atoms with Crippen LogP contribution in [0.5, 0.6) is 0 Å². The smallest absolute Gasteiger partial charge is 0.237 e. The highest BCUT2D eigenvalue weighted by Crippen LogP contribution is 2.18. The molecule has 1 amide bonds. The molecule has 1 aliphatic heterocycles. The second kappa shape index (κ2) is 5.74. The molecular formula is C14H23N3O2. The number of oxazole rings is 1. The molecule has 1 aliphatic rings. The standard InChI is InChI=1S/C14H23N3O2/c1-9(2)7-12-14(18)15-5-6-17(12)8-13-16-10(3)11(4)19-13/h9,12H,5-8H2,1-4H3,(H,15,18). The van der Waals surface area contributed by atoms with Gasteiger partial charge in [-0.15, -0.1) is 0 Å².